The van der Waals surface area contributed by atoms with Gasteiger partial charge in [-0.25, -0.2) is 13.2 Å². The Labute approximate surface area is 157 Å². The quantitative estimate of drug-likeness (QED) is 0.407. The molecule has 2 aromatic carbocycles. The van der Waals surface area contributed by atoms with E-state index < -0.39 is 27.0 Å². The van der Waals surface area contributed by atoms with Gasteiger partial charge >= 0.3 is 5.97 Å². The maximum absolute atomic E-state index is 13.3. The van der Waals surface area contributed by atoms with Crippen LogP contribution in [0.25, 0.3) is 0 Å². The summed E-state index contributed by atoms with van der Waals surface area (Å²) in [6.45, 7) is 4.52. The monoisotopic (exact) mass is 392 g/mol. The lowest BCUT2D eigenvalue weighted by Crippen LogP contribution is -2.44. The van der Waals surface area contributed by atoms with Crippen LogP contribution in [-0.4, -0.2) is 32.0 Å². The highest BCUT2D eigenvalue weighted by Crippen LogP contribution is 2.33. The Hall–Kier alpha value is -2.94. The van der Waals surface area contributed by atoms with Gasteiger partial charge in [-0.1, -0.05) is 24.3 Å². The number of nitro groups is 1. The van der Waals surface area contributed by atoms with Crippen LogP contribution in [-0.2, 0) is 19.6 Å². The molecule has 0 aliphatic rings. The summed E-state index contributed by atoms with van der Waals surface area (Å²) in [5, 5.41) is 11.3. The number of carbonyl (C=O) groups is 1. The zero-order chi connectivity index (χ0) is 20.2. The molecule has 0 N–H and O–H groups in total. The highest BCUT2D eigenvalue weighted by molar-refractivity contribution is 7.93. The lowest BCUT2D eigenvalue weighted by Gasteiger charge is -2.30. The van der Waals surface area contributed by atoms with E-state index in [4.69, 9.17) is 4.74 Å². The minimum Gasteiger partial charge on any atom is -0.464 e. The molecule has 0 spiro atoms. The summed E-state index contributed by atoms with van der Waals surface area (Å²) in [5.74, 6) is -0.747. The van der Waals surface area contributed by atoms with Gasteiger partial charge in [0.1, 0.15) is 6.04 Å². The Morgan fingerprint density at radius 2 is 1.81 bits per heavy atom. The van der Waals surface area contributed by atoms with E-state index >= 15 is 0 Å². The summed E-state index contributed by atoms with van der Waals surface area (Å²) in [6, 6.07) is 10.4. The molecule has 0 saturated carbocycles. The van der Waals surface area contributed by atoms with Crippen molar-refractivity contribution >= 4 is 27.4 Å². The number of rotatable bonds is 7. The summed E-state index contributed by atoms with van der Waals surface area (Å²) in [6.07, 6.45) is 0. The number of sulfonamides is 1. The van der Waals surface area contributed by atoms with Gasteiger partial charge in [0.15, 0.2) is 0 Å². The molecule has 0 saturated heterocycles. The van der Waals surface area contributed by atoms with Gasteiger partial charge in [0.2, 0.25) is 0 Å². The molecule has 0 aliphatic heterocycles. The predicted octanol–water partition coefficient (Wildman–Crippen LogP) is 3.05. The lowest BCUT2D eigenvalue weighted by molar-refractivity contribution is -0.385. The third-order valence-electron chi connectivity index (χ3n) is 3.99. The summed E-state index contributed by atoms with van der Waals surface area (Å²) < 4.78 is 32.4. The molecule has 1 unspecified atom stereocenters. The number of carbonyl (C=O) groups excluding carboxylic acids is 1. The van der Waals surface area contributed by atoms with E-state index in [0.29, 0.717) is 0 Å². The first-order chi connectivity index (χ1) is 12.7. The van der Waals surface area contributed by atoms with Crippen molar-refractivity contribution < 1.29 is 22.9 Å². The summed E-state index contributed by atoms with van der Waals surface area (Å²) in [4.78, 5) is 22.9. The fraction of sp³-hybridized carbons (Fsp3) is 0.278. The maximum atomic E-state index is 13.3. The van der Waals surface area contributed by atoms with Crippen LogP contribution in [0.3, 0.4) is 0 Å². The van der Waals surface area contributed by atoms with E-state index in [1.54, 1.807) is 25.1 Å². The number of nitrogens with zero attached hydrogens (tertiary/aromatic N) is 2. The van der Waals surface area contributed by atoms with Gasteiger partial charge in [0, 0.05) is 6.07 Å². The highest BCUT2D eigenvalue weighted by atomic mass is 32.2. The van der Waals surface area contributed by atoms with Crippen molar-refractivity contribution in [1.29, 1.82) is 0 Å². The smallest absolute Gasteiger partial charge is 0.329 e. The molecule has 0 radical (unpaired) electrons. The third-order valence-corrected chi connectivity index (χ3v) is 5.89. The van der Waals surface area contributed by atoms with Crippen molar-refractivity contribution in [1.82, 2.24) is 0 Å². The molecule has 2 rings (SSSR count). The van der Waals surface area contributed by atoms with Crippen LogP contribution in [0, 0.1) is 17.0 Å². The van der Waals surface area contributed by atoms with Crippen LogP contribution >= 0.6 is 0 Å². The molecule has 144 valence electrons. The van der Waals surface area contributed by atoms with Crippen molar-refractivity contribution in [2.75, 3.05) is 10.9 Å². The number of hydrogen-bond acceptors (Lipinski definition) is 6. The van der Waals surface area contributed by atoms with E-state index in [1.165, 1.54) is 44.2 Å². The fourth-order valence-electron chi connectivity index (χ4n) is 2.66. The van der Waals surface area contributed by atoms with Crippen molar-refractivity contribution in [2.24, 2.45) is 0 Å². The number of ether oxygens (including phenoxy) is 1. The zero-order valence-electron chi connectivity index (χ0n) is 15.2. The molecule has 0 amide bonds. The molecule has 0 heterocycles. The number of esters is 1. The molecular formula is C18H20N2O6S. The first kappa shape index (κ1) is 20.4. The van der Waals surface area contributed by atoms with E-state index in [2.05, 4.69) is 0 Å². The first-order valence-electron chi connectivity index (χ1n) is 8.22. The summed E-state index contributed by atoms with van der Waals surface area (Å²) in [5.41, 5.74) is -0.0522. The third kappa shape index (κ3) is 4.08. The second-order valence-corrected chi connectivity index (χ2v) is 7.54. The number of nitro benzene ring substituents is 1. The predicted molar refractivity (Wildman–Crippen MR) is 100 cm³/mol. The number of benzene rings is 2. The van der Waals surface area contributed by atoms with Crippen molar-refractivity contribution in [3.63, 3.8) is 0 Å². The summed E-state index contributed by atoms with van der Waals surface area (Å²) in [7, 11) is -4.17. The Balaban J connectivity index is 2.71. The Morgan fingerprint density at radius 1 is 1.19 bits per heavy atom. The van der Waals surface area contributed by atoms with Gasteiger partial charge in [-0.05, 0) is 39.0 Å². The molecule has 8 nitrogen and oxygen atoms in total. The van der Waals surface area contributed by atoms with E-state index in [9.17, 15) is 23.3 Å². The van der Waals surface area contributed by atoms with Crippen LogP contribution in [0.1, 0.15) is 19.4 Å². The SMILES string of the molecule is CCOC(=O)C(C)N(c1cccc([N+](=O)[O-])c1C)S(=O)(=O)c1ccccc1. The van der Waals surface area contributed by atoms with Gasteiger partial charge < -0.3 is 4.74 Å². The van der Waals surface area contributed by atoms with Gasteiger partial charge in [-0.15, -0.1) is 0 Å². The van der Waals surface area contributed by atoms with Crippen molar-refractivity contribution in [2.45, 2.75) is 31.7 Å². The first-order valence-corrected chi connectivity index (χ1v) is 9.66. The Bertz CT molecular complexity index is 944. The topological polar surface area (TPSA) is 107 Å². The lowest BCUT2D eigenvalue weighted by atomic mass is 10.1. The standard InChI is InChI=1S/C18H20N2O6S/c1-4-26-18(21)14(3)19(27(24,25)15-9-6-5-7-10-15)16-11-8-12-17(13(16)2)20(22)23/h5-12,14H,4H2,1-3H3. The zero-order valence-corrected chi connectivity index (χ0v) is 16.0. The number of anilines is 1. The molecule has 1 atom stereocenters. The van der Waals surface area contributed by atoms with Gasteiger partial charge in [0.25, 0.3) is 15.7 Å². The van der Waals surface area contributed by atoms with Crippen LogP contribution < -0.4 is 4.31 Å². The van der Waals surface area contributed by atoms with Crippen LogP contribution in [0.4, 0.5) is 11.4 Å². The van der Waals surface area contributed by atoms with Gasteiger partial charge in [-0.2, -0.15) is 0 Å². The van der Waals surface area contributed by atoms with Crippen molar-refractivity contribution in [3.05, 3.63) is 64.2 Å². The van der Waals surface area contributed by atoms with Crippen LogP contribution in [0.5, 0.6) is 0 Å². The van der Waals surface area contributed by atoms with E-state index in [-0.39, 0.29) is 28.4 Å². The average molecular weight is 392 g/mol. The Kier molecular flexibility index (Phi) is 6.17. The highest BCUT2D eigenvalue weighted by Gasteiger charge is 2.36. The molecule has 0 fully saturated rings. The molecule has 0 aromatic heterocycles. The largest absolute Gasteiger partial charge is 0.464 e. The fourth-order valence-corrected chi connectivity index (χ4v) is 4.35. The molecule has 0 aliphatic carbocycles. The second-order valence-electron chi connectivity index (χ2n) is 5.72. The van der Waals surface area contributed by atoms with Crippen LogP contribution in [0.2, 0.25) is 0 Å². The maximum Gasteiger partial charge on any atom is 0.329 e. The van der Waals surface area contributed by atoms with Crippen LogP contribution in [0.15, 0.2) is 53.4 Å². The van der Waals surface area contributed by atoms with Gasteiger partial charge in [-0.3, -0.25) is 14.4 Å². The minimum atomic E-state index is -4.17. The van der Waals surface area contributed by atoms with E-state index in [1.807, 2.05) is 0 Å². The second kappa shape index (κ2) is 8.17. The van der Waals surface area contributed by atoms with Gasteiger partial charge in [0.05, 0.1) is 27.7 Å². The van der Waals surface area contributed by atoms with E-state index in [0.717, 1.165) is 4.31 Å². The minimum absolute atomic E-state index is 0.0351. The van der Waals surface area contributed by atoms with Crippen molar-refractivity contribution in [3.8, 4) is 0 Å². The molecular weight excluding hydrogens is 372 g/mol. The molecule has 27 heavy (non-hydrogen) atoms. The number of hydrogen-bond donors (Lipinski definition) is 0. The molecule has 9 heteroatoms. The molecule has 2 aromatic rings. The summed E-state index contributed by atoms with van der Waals surface area (Å²) >= 11 is 0. The molecule has 0 bridgehead atoms. The Morgan fingerprint density at radius 3 is 2.37 bits per heavy atom. The normalized spacial score (nSPS) is 12.3. The average Bonchev–Trinajstić information content (AvgIpc) is 2.63.